The molecular formula is C12H15N3O4S2. The first-order valence-corrected chi connectivity index (χ1v) is 9.33. The van der Waals surface area contributed by atoms with Crippen molar-refractivity contribution in [1.29, 1.82) is 0 Å². The lowest BCUT2D eigenvalue weighted by Crippen LogP contribution is -2.27. The third kappa shape index (κ3) is 4.21. The first kappa shape index (κ1) is 15.8. The number of hydrogen-bond acceptors (Lipinski definition) is 5. The second kappa shape index (κ2) is 6.06. The van der Waals surface area contributed by atoms with E-state index in [2.05, 4.69) is 9.71 Å². The third-order valence-corrected chi connectivity index (χ3v) is 5.17. The standard InChI is InChI=1S/C12H15N3O4S2/c13-20(16,17)9-3-8-15-21(18,19)12-6-1-5-11-10(12)4-2-7-14-11/h1-2,4-7,15H,3,8-9H2,(H2,13,16,17). The average molecular weight is 329 g/mol. The quantitative estimate of drug-likeness (QED) is 0.733. The van der Waals surface area contributed by atoms with Gasteiger partial charge in [0.25, 0.3) is 0 Å². The Hall–Kier alpha value is -1.55. The monoisotopic (exact) mass is 329 g/mol. The molecule has 2 aromatic rings. The lowest BCUT2D eigenvalue weighted by molar-refractivity contribution is 0.577. The Morgan fingerprint density at radius 1 is 1.10 bits per heavy atom. The summed E-state index contributed by atoms with van der Waals surface area (Å²) in [4.78, 5) is 4.21. The number of nitrogens with two attached hydrogens (primary N) is 1. The van der Waals surface area contributed by atoms with Crippen LogP contribution in [0.2, 0.25) is 0 Å². The Morgan fingerprint density at radius 3 is 2.57 bits per heavy atom. The van der Waals surface area contributed by atoms with Crippen molar-refractivity contribution in [2.24, 2.45) is 5.14 Å². The lowest BCUT2D eigenvalue weighted by Gasteiger charge is -2.08. The number of aromatic nitrogens is 1. The van der Waals surface area contributed by atoms with E-state index in [4.69, 9.17) is 5.14 Å². The van der Waals surface area contributed by atoms with Crippen LogP contribution < -0.4 is 9.86 Å². The van der Waals surface area contributed by atoms with Gasteiger partial charge in [-0.2, -0.15) is 0 Å². The maximum absolute atomic E-state index is 12.3. The second-order valence-corrected chi connectivity index (χ2v) is 7.91. The molecule has 7 nitrogen and oxygen atoms in total. The van der Waals surface area contributed by atoms with Gasteiger partial charge in [-0.3, -0.25) is 4.98 Å². The number of pyridine rings is 1. The van der Waals surface area contributed by atoms with Crippen molar-refractivity contribution in [3.8, 4) is 0 Å². The van der Waals surface area contributed by atoms with E-state index in [1.807, 2.05) is 0 Å². The van der Waals surface area contributed by atoms with E-state index in [9.17, 15) is 16.8 Å². The summed E-state index contributed by atoms with van der Waals surface area (Å²) in [6.45, 7) is -0.00455. The molecule has 0 spiro atoms. The predicted molar refractivity (Wildman–Crippen MR) is 79.5 cm³/mol. The van der Waals surface area contributed by atoms with Gasteiger partial charge in [-0.1, -0.05) is 6.07 Å². The normalized spacial score (nSPS) is 12.6. The SMILES string of the molecule is NS(=O)(=O)CCCNS(=O)(=O)c1cccc2ncccc12. The number of nitrogens with one attached hydrogen (secondary N) is 1. The maximum atomic E-state index is 12.3. The molecule has 0 radical (unpaired) electrons. The summed E-state index contributed by atoms with van der Waals surface area (Å²) in [6, 6.07) is 8.12. The number of hydrogen-bond donors (Lipinski definition) is 2. The van der Waals surface area contributed by atoms with Crippen LogP contribution in [-0.4, -0.2) is 34.1 Å². The Balaban J connectivity index is 2.19. The molecule has 21 heavy (non-hydrogen) atoms. The van der Waals surface area contributed by atoms with Crippen molar-refractivity contribution in [2.75, 3.05) is 12.3 Å². The summed E-state index contributed by atoms with van der Waals surface area (Å²) >= 11 is 0. The molecule has 0 saturated heterocycles. The smallest absolute Gasteiger partial charge is 0.241 e. The minimum Gasteiger partial charge on any atom is -0.256 e. The van der Waals surface area contributed by atoms with E-state index < -0.39 is 20.0 Å². The largest absolute Gasteiger partial charge is 0.256 e. The zero-order valence-electron chi connectivity index (χ0n) is 11.1. The Kier molecular flexibility index (Phi) is 4.57. The minimum atomic E-state index is -3.73. The molecule has 0 amide bonds. The number of nitrogens with zero attached hydrogens (tertiary/aromatic N) is 1. The summed E-state index contributed by atoms with van der Waals surface area (Å²) in [5.41, 5.74) is 0.574. The first-order valence-electron chi connectivity index (χ1n) is 6.13. The molecule has 2 rings (SSSR count). The molecule has 0 atom stereocenters. The molecule has 1 aromatic carbocycles. The van der Waals surface area contributed by atoms with Gasteiger partial charge >= 0.3 is 0 Å². The van der Waals surface area contributed by atoms with Crippen molar-refractivity contribution in [1.82, 2.24) is 9.71 Å². The van der Waals surface area contributed by atoms with Gasteiger partial charge < -0.3 is 0 Å². The van der Waals surface area contributed by atoms with Crippen molar-refractivity contribution >= 4 is 30.9 Å². The maximum Gasteiger partial charge on any atom is 0.241 e. The zero-order chi connectivity index (χ0) is 15.5. The van der Waals surface area contributed by atoms with Gasteiger partial charge in [-0.15, -0.1) is 0 Å². The van der Waals surface area contributed by atoms with Crippen LogP contribution in [0.5, 0.6) is 0 Å². The highest BCUT2D eigenvalue weighted by molar-refractivity contribution is 7.90. The number of fused-ring (bicyclic) bond motifs is 1. The number of rotatable bonds is 6. The fourth-order valence-corrected chi connectivity index (χ4v) is 3.70. The van der Waals surface area contributed by atoms with Crippen LogP contribution >= 0.6 is 0 Å². The van der Waals surface area contributed by atoms with Gasteiger partial charge in [-0.05, 0) is 30.7 Å². The number of sulfonamides is 2. The third-order valence-electron chi connectivity index (χ3n) is 2.79. The van der Waals surface area contributed by atoms with Crippen molar-refractivity contribution < 1.29 is 16.8 Å². The molecule has 0 bridgehead atoms. The molecule has 3 N–H and O–H groups in total. The molecule has 0 unspecified atom stereocenters. The fourth-order valence-electron chi connectivity index (χ4n) is 1.87. The van der Waals surface area contributed by atoms with Crippen LogP contribution in [0.1, 0.15) is 6.42 Å². The molecule has 0 aliphatic heterocycles. The molecule has 0 saturated carbocycles. The van der Waals surface area contributed by atoms with E-state index in [-0.39, 0.29) is 23.6 Å². The molecule has 0 aliphatic carbocycles. The summed E-state index contributed by atoms with van der Waals surface area (Å²) in [5.74, 6) is -0.271. The summed E-state index contributed by atoms with van der Waals surface area (Å²) in [6.07, 6.45) is 1.69. The zero-order valence-corrected chi connectivity index (χ0v) is 12.7. The molecule has 9 heteroatoms. The van der Waals surface area contributed by atoms with Crippen molar-refractivity contribution in [3.63, 3.8) is 0 Å². The van der Waals surface area contributed by atoms with Gasteiger partial charge in [-0.25, -0.2) is 26.7 Å². The highest BCUT2D eigenvalue weighted by Gasteiger charge is 2.17. The van der Waals surface area contributed by atoms with Gasteiger partial charge in [0.05, 0.1) is 16.2 Å². The Labute approximate surface area is 123 Å². The Bertz CT molecular complexity index is 842. The van der Waals surface area contributed by atoms with E-state index in [1.165, 1.54) is 6.07 Å². The van der Waals surface area contributed by atoms with E-state index >= 15 is 0 Å². The average Bonchev–Trinajstić information content (AvgIpc) is 2.42. The van der Waals surface area contributed by atoms with E-state index in [1.54, 1.807) is 30.5 Å². The predicted octanol–water partition coefficient (Wildman–Crippen LogP) is 0.192. The van der Waals surface area contributed by atoms with Gasteiger partial charge in [0.15, 0.2) is 0 Å². The lowest BCUT2D eigenvalue weighted by atomic mass is 10.2. The summed E-state index contributed by atoms with van der Waals surface area (Å²) in [5, 5.41) is 5.37. The Morgan fingerprint density at radius 2 is 1.86 bits per heavy atom. The van der Waals surface area contributed by atoms with Crippen molar-refractivity contribution in [2.45, 2.75) is 11.3 Å². The van der Waals surface area contributed by atoms with E-state index in [0.717, 1.165) is 0 Å². The molecule has 1 aromatic heterocycles. The molecule has 114 valence electrons. The highest BCUT2D eigenvalue weighted by atomic mass is 32.2. The second-order valence-electron chi connectivity index (χ2n) is 4.44. The first-order chi connectivity index (χ1) is 9.80. The molecule has 1 heterocycles. The molecular weight excluding hydrogens is 314 g/mol. The summed E-state index contributed by atoms with van der Waals surface area (Å²) in [7, 11) is -7.32. The van der Waals surface area contributed by atoms with Gasteiger partial charge in [0.2, 0.25) is 20.0 Å². The van der Waals surface area contributed by atoms with E-state index in [0.29, 0.717) is 10.9 Å². The van der Waals surface area contributed by atoms with Crippen LogP contribution in [0.15, 0.2) is 41.4 Å². The molecule has 0 aliphatic rings. The topological polar surface area (TPSA) is 119 Å². The van der Waals surface area contributed by atoms with Gasteiger partial charge in [0, 0.05) is 18.1 Å². The summed E-state index contributed by atoms with van der Waals surface area (Å²) < 4.78 is 48.5. The van der Waals surface area contributed by atoms with Crippen LogP contribution in [0.25, 0.3) is 10.9 Å². The van der Waals surface area contributed by atoms with Crippen LogP contribution in [0.4, 0.5) is 0 Å². The highest BCUT2D eigenvalue weighted by Crippen LogP contribution is 2.20. The fraction of sp³-hybridized carbons (Fsp3) is 0.250. The van der Waals surface area contributed by atoms with Crippen LogP contribution in [0, 0.1) is 0 Å². The number of primary sulfonamides is 1. The van der Waals surface area contributed by atoms with Crippen molar-refractivity contribution in [3.05, 3.63) is 36.5 Å². The van der Waals surface area contributed by atoms with Crippen LogP contribution in [-0.2, 0) is 20.0 Å². The van der Waals surface area contributed by atoms with Gasteiger partial charge in [0.1, 0.15) is 0 Å². The minimum absolute atomic E-state index is 0.00455. The number of benzene rings is 1. The molecule has 0 fully saturated rings. The van der Waals surface area contributed by atoms with Crippen LogP contribution in [0.3, 0.4) is 0 Å².